The van der Waals surface area contributed by atoms with Crippen molar-refractivity contribution in [3.8, 4) is 0 Å². The van der Waals surface area contributed by atoms with Gasteiger partial charge in [0.15, 0.2) is 0 Å². The van der Waals surface area contributed by atoms with E-state index in [2.05, 4.69) is 174 Å². The van der Waals surface area contributed by atoms with Crippen molar-refractivity contribution in [3.63, 3.8) is 0 Å². The van der Waals surface area contributed by atoms with Gasteiger partial charge >= 0.3 is 0 Å². The minimum Gasteiger partial charge on any atom is -0.359 e. The van der Waals surface area contributed by atoms with Gasteiger partial charge in [-0.25, -0.2) is 0 Å². The van der Waals surface area contributed by atoms with Crippen molar-refractivity contribution in [2.24, 2.45) is 5.92 Å². The van der Waals surface area contributed by atoms with Crippen LogP contribution >= 0.6 is 0 Å². The van der Waals surface area contributed by atoms with Crippen molar-refractivity contribution in [2.45, 2.75) is 12.6 Å². The largest absolute Gasteiger partial charge is 0.359 e. The van der Waals surface area contributed by atoms with Crippen LogP contribution in [0.2, 0.25) is 0 Å². The normalized spacial score (nSPS) is 18.2. The number of benzene rings is 6. The van der Waals surface area contributed by atoms with Crippen molar-refractivity contribution in [3.05, 3.63) is 197 Å². The van der Waals surface area contributed by atoms with Gasteiger partial charge in [0.2, 0.25) is 0 Å². The molecule has 0 fully saturated rings. The Bertz CT molecular complexity index is 2280. The molecule has 2 atom stereocenters. The minimum absolute atomic E-state index is 0.0344. The summed E-state index contributed by atoms with van der Waals surface area (Å²) >= 11 is 0. The van der Waals surface area contributed by atoms with Crippen LogP contribution in [0.4, 0.5) is 17.1 Å². The maximum absolute atomic E-state index is 3.76. The molecule has 0 saturated heterocycles. The summed E-state index contributed by atoms with van der Waals surface area (Å²) in [6, 6.07) is 53.2. The third-order valence-electron chi connectivity index (χ3n) is 9.61. The van der Waals surface area contributed by atoms with Crippen molar-refractivity contribution >= 4 is 39.0 Å². The van der Waals surface area contributed by atoms with Gasteiger partial charge in [0.25, 0.3) is 0 Å². The molecule has 0 radical (unpaired) electrons. The Hall–Kier alpha value is -5.60. The number of nitrogens with one attached hydrogen (secondary N) is 1. The van der Waals surface area contributed by atoms with E-state index in [1.165, 1.54) is 66.0 Å². The molecule has 0 aromatic heterocycles. The molecule has 6 aromatic rings. The van der Waals surface area contributed by atoms with E-state index in [0.29, 0.717) is 5.92 Å². The first kappa shape index (κ1) is 25.9. The molecule has 2 aliphatic carbocycles. The maximum atomic E-state index is 3.76. The SMILES string of the molecule is C1=CCC2C(=C1)C(c1ccc(N3c4ccccc4NC3c3ccccc3)cc1)=c1ccccc1=C2c1ccc2ccccc2c1. The van der Waals surface area contributed by atoms with Crippen LogP contribution in [0.3, 0.4) is 0 Å². The highest BCUT2D eigenvalue weighted by Gasteiger charge is 2.32. The number of para-hydroxylation sites is 2. The zero-order valence-corrected chi connectivity index (χ0v) is 24.9. The van der Waals surface area contributed by atoms with E-state index in [0.717, 1.165) is 12.1 Å². The average molecular weight is 577 g/mol. The molecule has 2 unspecified atom stereocenters. The smallest absolute Gasteiger partial charge is 0.130 e. The zero-order valence-electron chi connectivity index (χ0n) is 24.9. The average Bonchev–Trinajstić information content (AvgIpc) is 3.51. The highest BCUT2D eigenvalue weighted by atomic mass is 15.3. The number of nitrogens with zero attached hydrogens (tertiary/aromatic N) is 1. The first-order valence-electron chi connectivity index (χ1n) is 15.8. The lowest BCUT2D eigenvalue weighted by atomic mass is 9.72. The highest BCUT2D eigenvalue weighted by Crippen LogP contribution is 2.46. The molecular formula is C43H32N2. The van der Waals surface area contributed by atoms with Crippen molar-refractivity contribution in [1.29, 1.82) is 0 Å². The quantitative estimate of drug-likeness (QED) is 0.225. The first-order valence-corrected chi connectivity index (χ1v) is 15.8. The van der Waals surface area contributed by atoms with Crippen molar-refractivity contribution in [2.75, 3.05) is 10.2 Å². The maximum Gasteiger partial charge on any atom is 0.130 e. The van der Waals surface area contributed by atoms with Gasteiger partial charge in [-0.15, -0.1) is 0 Å². The minimum atomic E-state index is 0.0344. The second-order valence-electron chi connectivity index (χ2n) is 12.1. The molecule has 2 heteroatoms. The molecule has 6 aromatic carbocycles. The molecule has 0 amide bonds. The molecule has 1 aliphatic heterocycles. The topological polar surface area (TPSA) is 15.3 Å². The number of rotatable bonds is 4. The van der Waals surface area contributed by atoms with Gasteiger partial charge in [-0.05, 0) is 91.4 Å². The number of allylic oxidation sites excluding steroid dienone is 4. The Morgan fingerprint density at radius 3 is 2.18 bits per heavy atom. The lowest BCUT2D eigenvalue weighted by Gasteiger charge is -2.31. The van der Waals surface area contributed by atoms with Gasteiger partial charge in [0, 0.05) is 11.6 Å². The van der Waals surface area contributed by atoms with Crippen molar-refractivity contribution in [1.82, 2.24) is 0 Å². The Morgan fingerprint density at radius 2 is 1.31 bits per heavy atom. The standard InChI is InChI=1S/C43H32N2/c1-2-13-31(14-3-1)43-44-39-20-10-11-21-40(39)45(43)34-26-24-30(25-27-34)41-35-16-6-8-18-37(35)42(38-19-9-7-17-36(38)41)33-23-22-29-12-4-5-15-32(29)28-33/h1-18,20-28,38,43-44H,19H2. The van der Waals surface area contributed by atoms with Gasteiger partial charge in [-0.3, -0.25) is 0 Å². The summed E-state index contributed by atoms with van der Waals surface area (Å²) in [6.07, 6.45) is 7.95. The van der Waals surface area contributed by atoms with Gasteiger partial charge in [0.05, 0.1) is 11.4 Å². The lowest BCUT2D eigenvalue weighted by molar-refractivity contribution is 0.798. The Balaban J connectivity index is 1.21. The second kappa shape index (κ2) is 10.5. The van der Waals surface area contributed by atoms with Crippen LogP contribution in [0.1, 0.15) is 29.3 Å². The molecule has 1 heterocycles. The van der Waals surface area contributed by atoms with Gasteiger partial charge in [-0.2, -0.15) is 0 Å². The predicted octanol–water partition coefficient (Wildman–Crippen LogP) is 9.02. The van der Waals surface area contributed by atoms with Crippen LogP contribution in [-0.4, -0.2) is 0 Å². The monoisotopic (exact) mass is 576 g/mol. The number of hydrogen-bond acceptors (Lipinski definition) is 2. The van der Waals surface area contributed by atoms with Crippen molar-refractivity contribution < 1.29 is 0 Å². The van der Waals surface area contributed by atoms with E-state index in [-0.39, 0.29) is 6.17 Å². The molecular weight excluding hydrogens is 544 g/mol. The van der Waals surface area contributed by atoms with E-state index in [1.807, 2.05) is 0 Å². The Labute approximate surface area is 263 Å². The molecule has 0 bridgehead atoms. The van der Waals surface area contributed by atoms with E-state index in [1.54, 1.807) is 0 Å². The van der Waals surface area contributed by atoms with E-state index < -0.39 is 0 Å². The number of anilines is 3. The van der Waals surface area contributed by atoms with Crippen LogP contribution in [0.5, 0.6) is 0 Å². The molecule has 9 rings (SSSR count). The first-order chi connectivity index (χ1) is 22.3. The van der Waals surface area contributed by atoms with Crippen LogP contribution in [0, 0.1) is 5.92 Å². The van der Waals surface area contributed by atoms with E-state index in [9.17, 15) is 0 Å². The van der Waals surface area contributed by atoms with Crippen LogP contribution in [0.25, 0.3) is 21.9 Å². The van der Waals surface area contributed by atoms with Gasteiger partial charge in [0.1, 0.15) is 6.17 Å². The highest BCUT2D eigenvalue weighted by molar-refractivity contribution is 5.92. The molecule has 2 nitrogen and oxygen atoms in total. The summed E-state index contributed by atoms with van der Waals surface area (Å²) in [5.41, 5.74) is 11.5. The Kier molecular flexibility index (Phi) is 6.05. The van der Waals surface area contributed by atoms with Gasteiger partial charge in [-0.1, -0.05) is 133 Å². The molecule has 214 valence electrons. The summed E-state index contributed by atoms with van der Waals surface area (Å²) in [5.74, 6) is 0.304. The second-order valence-corrected chi connectivity index (χ2v) is 12.1. The predicted molar refractivity (Wildman–Crippen MR) is 188 cm³/mol. The summed E-state index contributed by atoms with van der Waals surface area (Å²) in [7, 11) is 0. The number of fused-ring (bicyclic) bond motifs is 4. The summed E-state index contributed by atoms with van der Waals surface area (Å²) < 4.78 is 0. The molecule has 1 N–H and O–H groups in total. The fourth-order valence-electron chi connectivity index (χ4n) is 7.58. The molecule has 0 spiro atoms. The van der Waals surface area contributed by atoms with Crippen LogP contribution < -0.4 is 20.7 Å². The summed E-state index contributed by atoms with van der Waals surface area (Å²) in [6.45, 7) is 0. The molecule has 0 saturated carbocycles. The van der Waals surface area contributed by atoms with Gasteiger partial charge < -0.3 is 10.2 Å². The third kappa shape index (κ3) is 4.25. The fraction of sp³-hybridized carbons (Fsp3) is 0.0698. The fourth-order valence-corrected chi connectivity index (χ4v) is 7.58. The third-order valence-corrected chi connectivity index (χ3v) is 9.61. The van der Waals surface area contributed by atoms with Crippen LogP contribution in [0.15, 0.2) is 169 Å². The number of hydrogen-bond donors (Lipinski definition) is 1. The lowest BCUT2D eigenvalue weighted by Crippen LogP contribution is -2.37. The van der Waals surface area contributed by atoms with E-state index in [4.69, 9.17) is 0 Å². The Morgan fingerprint density at radius 1 is 0.600 bits per heavy atom. The zero-order chi connectivity index (χ0) is 29.7. The molecule has 45 heavy (non-hydrogen) atoms. The summed E-state index contributed by atoms with van der Waals surface area (Å²) in [5, 5.41) is 8.97. The molecule has 3 aliphatic rings. The summed E-state index contributed by atoms with van der Waals surface area (Å²) in [4.78, 5) is 2.42. The van der Waals surface area contributed by atoms with Crippen LogP contribution in [-0.2, 0) is 0 Å². The van der Waals surface area contributed by atoms with E-state index >= 15 is 0 Å².